The van der Waals surface area contributed by atoms with Crippen LogP contribution in [-0.2, 0) is 4.74 Å². The standard InChI is InChI=1S/C12H15BrFNO/c1-8-5-11(14)10(13)6-12(8)15-9-3-2-4-16-7-9/h5-6,9,15H,2-4,7H2,1H3. The SMILES string of the molecule is Cc1cc(F)c(Br)cc1NC1CCCOC1. The van der Waals surface area contributed by atoms with E-state index in [9.17, 15) is 4.39 Å². The Labute approximate surface area is 103 Å². The van der Waals surface area contributed by atoms with Crippen molar-refractivity contribution in [1.82, 2.24) is 0 Å². The van der Waals surface area contributed by atoms with E-state index in [1.807, 2.05) is 6.92 Å². The molecule has 0 aromatic heterocycles. The molecular formula is C12H15BrFNO. The third-order valence-corrected chi connectivity index (χ3v) is 3.39. The van der Waals surface area contributed by atoms with Gasteiger partial charge in [0.1, 0.15) is 5.82 Å². The van der Waals surface area contributed by atoms with Crippen molar-refractivity contribution in [2.75, 3.05) is 18.5 Å². The molecule has 1 unspecified atom stereocenters. The highest BCUT2D eigenvalue weighted by molar-refractivity contribution is 9.10. The molecule has 2 rings (SSSR count). The van der Waals surface area contributed by atoms with E-state index in [1.165, 1.54) is 6.07 Å². The third kappa shape index (κ3) is 2.74. The van der Waals surface area contributed by atoms with Crippen LogP contribution in [0.25, 0.3) is 0 Å². The Morgan fingerprint density at radius 3 is 3.00 bits per heavy atom. The molecule has 1 aliphatic heterocycles. The summed E-state index contributed by atoms with van der Waals surface area (Å²) in [6, 6.07) is 3.67. The first-order chi connectivity index (χ1) is 7.66. The van der Waals surface area contributed by atoms with E-state index in [4.69, 9.17) is 4.74 Å². The summed E-state index contributed by atoms with van der Waals surface area (Å²) in [7, 11) is 0. The number of rotatable bonds is 2. The van der Waals surface area contributed by atoms with Crippen molar-refractivity contribution < 1.29 is 9.13 Å². The molecule has 1 N–H and O–H groups in total. The lowest BCUT2D eigenvalue weighted by molar-refractivity contribution is 0.0876. The summed E-state index contributed by atoms with van der Waals surface area (Å²) < 4.78 is 19.1. The van der Waals surface area contributed by atoms with E-state index in [0.29, 0.717) is 10.5 Å². The number of halogens is 2. The number of nitrogens with one attached hydrogen (secondary N) is 1. The molecule has 2 nitrogen and oxygen atoms in total. The predicted molar refractivity (Wildman–Crippen MR) is 66.3 cm³/mol. The summed E-state index contributed by atoms with van der Waals surface area (Å²) in [4.78, 5) is 0. The number of ether oxygens (including phenoxy) is 1. The van der Waals surface area contributed by atoms with Crippen LogP contribution in [0.5, 0.6) is 0 Å². The molecule has 1 heterocycles. The lowest BCUT2D eigenvalue weighted by Crippen LogP contribution is -2.30. The number of aryl methyl sites for hydroxylation is 1. The molecule has 4 heteroatoms. The Bertz CT molecular complexity index is 378. The van der Waals surface area contributed by atoms with Crippen molar-refractivity contribution in [2.24, 2.45) is 0 Å². The lowest BCUT2D eigenvalue weighted by Gasteiger charge is -2.25. The van der Waals surface area contributed by atoms with E-state index in [2.05, 4.69) is 21.2 Å². The molecule has 1 fully saturated rings. The molecule has 0 aliphatic carbocycles. The van der Waals surface area contributed by atoms with Gasteiger partial charge in [-0.25, -0.2) is 4.39 Å². The summed E-state index contributed by atoms with van der Waals surface area (Å²) >= 11 is 3.20. The summed E-state index contributed by atoms with van der Waals surface area (Å²) in [6.07, 6.45) is 2.19. The summed E-state index contributed by atoms with van der Waals surface area (Å²) in [5.74, 6) is -0.219. The van der Waals surface area contributed by atoms with E-state index in [-0.39, 0.29) is 5.82 Å². The molecule has 1 aromatic rings. The minimum atomic E-state index is -0.219. The van der Waals surface area contributed by atoms with E-state index in [1.54, 1.807) is 6.07 Å². The monoisotopic (exact) mass is 287 g/mol. The van der Waals surface area contributed by atoms with Gasteiger partial charge in [-0.05, 0) is 53.4 Å². The molecule has 1 aromatic carbocycles. The molecule has 1 saturated heterocycles. The minimum absolute atomic E-state index is 0.219. The molecule has 16 heavy (non-hydrogen) atoms. The largest absolute Gasteiger partial charge is 0.380 e. The van der Waals surface area contributed by atoms with Crippen LogP contribution in [-0.4, -0.2) is 19.3 Å². The van der Waals surface area contributed by atoms with Gasteiger partial charge < -0.3 is 10.1 Å². The van der Waals surface area contributed by atoms with Crippen LogP contribution in [0.2, 0.25) is 0 Å². The molecule has 1 aliphatic rings. The Morgan fingerprint density at radius 1 is 1.50 bits per heavy atom. The van der Waals surface area contributed by atoms with Gasteiger partial charge in [0.15, 0.2) is 0 Å². The molecule has 0 bridgehead atoms. The van der Waals surface area contributed by atoms with Gasteiger partial charge in [0.05, 0.1) is 11.1 Å². The second-order valence-electron chi connectivity index (χ2n) is 4.14. The van der Waals surface area contributed by atoms with E-state index < -0.39 is 0 Å². The molecule has 0 amide bonds. The van der Waals surface area contributed by atoms with Gasteiger partial charge in [0.2, 0.25) is 0 Å². The van der Waals surface area contributed by atoms with Crippen molar-refractivity contribution in [2.45, 2.75) is 25.8 Å². The van der Waals surface area contributed by atoms with Gasteiger partial charge in [-0.15, -0.1) is 0 Å². The van der Waals surface area contributed by atoms with E-state index >= 15 is 0 Å². The maximum absolute atomic E-state index is 13.2. The minimum Gasteiger partial charge on any atom is -0.380 e. The fourth-order valence-corrected chi connectivity index (χ4v) is 2.22. The predicted octanol–water partition coefficient (Wildman–Crippen LogP) is 3.49. The molecule has 1 atom stereocenters. The quantitative estimate of drug-likeness (QED) is 0.899. The van der Waals surface area contributed by atoms with Crippen LogP contribution in [0.15, 0.2) is 16.6 Å². The number of anilines is 1. The molecular weight excluding hydrogens is 273 g/mol. The first-order valence-electron chi connectivity index (χ1n) is 5.47. The van der Waals surface area contributed by atoms with Crippen molar-refractivity contribution in [3.63, 3.8) is 0 Å². The Morgan fingerprint density at radius 2 is 2.31 bits per heavy atom. The smallest absolute Gasteiger partial charge is 0.137 e. The second kappa shape index (κ2) is 5.15. The van der Waals surface area contributed by atoms with Gasteiger partial charge in [0.25, 0.3) is 0 Å². The van der Waals surface area contributed by atoms with Crippen LogP contribution in [0.1, 0.15) is 18.4 Å². The molecule has 0 spiro atoms. The average Bonchev–Trinajstić information content (AvgIpc) is 2.27. The van der Waals surface area contributed by atoms with Gasteiger partial charge in [-0.1, -0.05) is 0 Å². The van der Waals surface area contributed by atoms with Crippen LogP contribution in [0, 0.1) is 12.7 Å². The Balaban J connectivity index is 2.11. The summed E-state index contributed by atoms with van der Waals surface area (Å²) in [5.41, 5.74) is 1.90. The second-order valence-corrected chi connectivity index (χ2v) is 4.99. The van der Waals surface area contributed by atoms with E-state index in [0.717, 1.165) is 37.3 Å². The van der Waals surface area contributed by atoms with Crippen molar-refractivity contribution in [3.8, 4) is 0 Å². The summed E-state index contributed by atoms with van der Waals surface area (Å²) in [6.45, 7) is 3.49. The van der Waals surface area contributed by atoms with Gasteiger partial charge in [-0.3, -0.25) is 0 Å². The third-order valence-electron chi connectivity index (χ3n) is 2.79. The van der Waals surface area contributed by atoms with Gasteiger partial charge in [0, 0.05) is 18.3 Å². The topological polar surface area (TPSA) is 21.3 Å². The number of hydrogen-bond donors (Lipinski definition) is 1. The maximum atomic E-state index is 13.2. The lowest BCUT2D eigenvalue weighted by atomic mass is 10.1. The van der Waals surface area contributed by atoms with Gasteiger partial charge >= 0.3 is 0 Å². The van der Waals surface area contributed by atoms with Crippen molar-refractivity contribution >= 4 is 21.6 Å². The number of hydrogen-bond acceptors (Lipinski definition) is 2. The fraction of sp³-hybridized carbons (Fsp3) is 0.500. The first kappa shape index (κ1) is 11.9. The van der Waals surface area contributed by atoms with Crippen LogP contribution < -0.4 is 5.32 Å². The Kier molecular flexibility index (Phi) is 3.82. The molecule has 0 radical (unpaired) electrons. The van der Waals surface area contributed by atoms with Crippen LogP contribution in [0.4, 0.5) is 10.1 Å². The van der Waals surface area contributed by atoms with Crippen LogP contribution >= 0.6 is 15.9 Å². The first-order valence-corrected chi connectivity index (χ1v) is 6.26. The highest BCUT2D eigenvalue weighted by Crippen LogP contribution is 2.25. The maximum Gasteiger partial charge on any atom is 0.137 e. The highest BCUT2D eigenvalue weighted by atomic mass is 79.9. The molecule has 0 saturated carbocycles. The molecule has 88 valence electrons. The Hall–Kier alpha value is -0.610. The fourth-order valence-electron chi connectivity index (χ4n) is 1.88. The zero-order valence-electron chi connectivity index (χ0n) is 9.22. The average molecular weight is 288 g/mol. The zero-order valence-corrected chi connectivity index (χ0v) is 10.8. The highest BCUT2D eigenvalue weighted by Gasteiger charge is 2.15. The van der Waals surface area contributed by atoms with Crippen LogP contribution in [0.3, 0.4) is 0 Å². The van der Waals surface area contributed by atoms with Crippen molar-refractivity contribution in [3.05, 3.63) is 28.0 Å². The zero-order chi connectivity index (χ0) is 11.5. The van der Waals surface area contributed by atoms with Gasteiger partial charge in [-0.2, -0.15) is 0 Å². The van der Waals surface area contributed by atoms with Crippen molar-refractivity contribution in [1.29, 1.82) is 0 Å². The normalized spacial score (nSPS) is 20.8. The summed E-state index contributed by atoms with van der Waals surface area (Å²) in [5, 5.41) is 3.40. The number of benzene rings is 1.